The molecule has 2 amide bonds. The Kier molecular flexibility index (Phi) is 4.83. The second-order valence-corrected chi connectivity index (χ2v) is 7.45. The Morgan fingerprint density at radius 3 is 2.62 bits per heavy atom. The number of fused-ring (bicyclic) bond motifs is 1. The minimum absolute atomic E-state index is 0.0453. The zero-order valence-corrected chi connectivity index (χ0v) is 13.9. The lowest BCUT2D eigenvalue weighted by Crippen LogP contribution is -2.44. The third-order valence-corrected chi connectivity index (χ3v) is 5.84. The first kappa shape index (κ1) is 16.9. The third kappa shape index (κ3) is 3.28. The van der Waals surface area contributed by atoms with E-state index in [0.29, 0.717) is 30.6 Å². The summed E-state index contributed by atoms with van der Waals surface area (Å²) in [4.78, 5) is 26.3. The highest BCUT2D eigenvalue weighted by Gasteiger charge is 2.41. The average Bonchev–Trinajstić information content (AvgIpc) is 2.77. The van der Waals surface area contributed by atoms with Gasteiger partial charge in [-0.05, 0) is 12.1 Å². The van der Waals surface area contributed by atoms with Crippen molar-refractivity contribution in [1.82, 2.24) is 14.5 Å². The molecule has 3 rings (SSSR count). The first-order chi connectivity index (χ1) is 11.5. The van der Waals surface area contributed by atoms with E-state index in [0.717, 1.165) is 13.1 Å². The minimum atomic E-state index is -3.94. The van der Waals surface area contributed by atoms with Crippen molar-refractivity contribution in [3.8, 4) is 0 Å². The van der Waals surface area contributed by atoms with Gasteiger partial charge in [0, 0.05) is 26.2 Å². The van der Waals surface area contributed by atoms with Gasteiger partial charge in [-0.1, -0.05) is 12.1 Å². The second-order valence-electron chi connectivity index (χ2n) is 5.62. The van der Waals surface area contributed by atoms with Gasteiger partial charge in [0.15, 0.2) is 0 Å². The van der Waals surface area contributed by atoms with Crippen molar-refractivity contribution in [2.75, 3.05) is 45.9 Å². The number of nitrogens with zero attached hydrogens (tertiary/aromatic N) is 2. The van der Waals surface area contributed by atoms with Gasteiger partial charge in [0.05, 0.1) is 18.8 Å². The van der Waals surface area contributed by atoms with Gasteiger partial charge in [-0.2, -0.15) is 0 Å². The fraction of sp³-hybridized carbons (Fsp3) is 0.467. The highest BCUT2D eigenvalue weighted by atomic mass is 32.2. The number of amides is 2. The monoisotopic (exact) mass is 353 g/mol. The van der Waals surface area contributed by atoms with Crippen LogP contribution in [0, 0.1) is 0 Å². The molecule has 1 saturated heterocycles. The maximum Gasteiger partial charge on any atom is 0.269 e. The van der Waals surface area contributed by atoms with E-state index in [9.17, 15) is 18.0 Å². The molecule has 24 heavy (non-hydrogen) atoms. The van der Waals surface area contributed by atoms with Crippen LogP contribution in [0.2, 0.25) is 0 Å². The van der Waals surface area contributed by atoms with E-state index in [1.54, 1.807) is 12.1 Å². The fourth-order valence-corrected chi connectivity index (χ4v) is 4.28. The molecule has 0 aromatic heterocycles. The molecule has 0 spiro atoms. The van der Waals surface area contributed by atoms with Gasteiger partial charge < -0.3 is 10.1 Å². The molecule has 0 saturated carbocycles. The molecule has 8 nitrogen and oxygen atoms in total. The zero-order chi connectivity index (χ0) is 17.2. The fourth-order valence-electron chi connectivity index (χ4n) is 2.75. The van der Waals surface area contributed by atoms with Gasteiger partial charge in [0.2, 0.25) is 5.91 Å². The summed E-state index contributed by atoms with van der Waals surface area (Å²) in [5, 5.41) is 2.66. The number of benzene rings is 1. The van der Waals surface area contributed by atoms with Crippen LogP contribution in [0.3, 0.4) is 0 Å². The first-order valence-corrected chi connectivity index (χ1v) is 9.17. The number of nitrogens with one attached hydrogen (secondary N) is 1. The maximum atomic E-state index is 12.4. The molecule has 1 aromatic rings. The number of ether oxygens (including phenoxy) is 1. The van der Waals surface area contributed by atoms with Crippen LogP contribution in [0.4, 0.5) is 0 Å². The predicted octanol–water partition coefficient (Wildman–Crippen LogP) is -0.720. The van der Waals surface area contributed by atoms with E-state index < -0.39 is 28.4 Å². The molecule has 0 bridgehead atoms. The molecule has 0 unspecified atom stereocenters. The van der Waals surface area contributed by atoms with Gasteiger partial charge in [0.1, 0.15) is 11.4 Å². The van der Waals surface area contributed by atoms with Crippen molar-refractivity contribution in [3.05, 3.63) is 29.8 Å². The normalized spacial score (nSPS) is 20.0. The SMILES string of the molecule is O=C(CN1C(=O)c2ccccc2S1(=O)=O)NCCN1CCOCC1. The summed E-state index contributed by atoms with van der Waals surface area (Å²) in [6, 6.07) is 5.97. The Hall–Kier alpha value is -1.97. The van der Waals surface area contributed by atoms with Crippen LogP contribution in [0.1, 0.15) is 10.4 Å². The second kappa shape index (κ2) is 6.88. The zero-order valence-electron chi connectivity index (χ0n) is 13.1. The molecule has 2 heterocycles. The minimum Gasteiger partial charge on any atom is -0.379 e. The van der Waals surface area contributed by atoms with E-state index >= 15 is 0 Å². The lowest BCUT2D eigenvalue weighted by molar-refractivity contribution is -0.121. The van der Waals surface area contributed by atoms with Crippen molar-refractivity contribution in [3.63, 3.8) is 0 Å². The number of hydrogen-bond acceptors (Lipinski definition) is 6. The average molecular weight is 353 g/mol. The maximum absolute atomic E-state index is 12.4. The molecule has 2 aliphatic heterocycles. The van der Waals surface area contributed by atoms with Gasteiger partial charge >= 0.3 is 0 Å². The molecule has 1 fully saturated rings. The number of sulfonamides is 1. The molecular weight excluding hydrogens is 334 g/mol. The first-order valence-electron chi connectivity index (χ1n) is 7.73. The molecule has 130 valence electrons. The Bertz CT molecular complexity index is 743. The lowest BCUT2D eigenvalue weighted by atomic mass is 10.2. The van der Waals surface area contributed by atoms with Crippen LogP contribution in [-0.2, 0) is 19.6 Å². The van der Waals surface area contributed by atoms with Crippen molar-refractivity contribution in [2.45, 2.75) is 4.90 Å². The molecule has 2 aliphatic rings. The van der Waals surface area contributed by atoms with E-state index in [1.807, 2.05) is 0 Å². The molecule has 1 N–H and O–H groups in total. The Morgan fingerprint density at radius 2 is 1.92 bits per heavy atom. The van der Waals surface area contributed by atoms with Crippen LogP contribution in [0.5, 0.6) is 0 Å². The van der Waals surface area contributed by atoms with Gasteiger partial charge in [-0.25, -0.2) is 12.7 Å². The summed E-state index contributed by atoms with van der Waals surface area (Å²) >= 11 is 0. The molecule has 0 radical (unpaired) electrons. The number of carbonyl (C=O) groups is 2. The number of hydrogen-bond donors (Lipinski definition) is 1. The number of carbonyl (C=O) groups excluding carboxylic acids is 2. The summed E-state index contributed by atoms with van der Waals surface area (Å²) < 4.78 is 30.6. The number of morpholine rings is 1. The summed E-state index contributed by atoms with van der Waals surface area (Å²) in [6.07, 6.45) is 0. The molecule has 9 heteroatoms. The Balaban J connectivity index is 1.56. The standard InChI is InChI=1S/C15H19N3O5S/c19-14(16-5-6-17-7-9-23-10-8-17)11-18-15(20)12-3-1-2-4-13(12)24(18,21)22/h1-4H,5-11H2,(H,16,19). The molecular formula is C15H19N3O5S. The van der Waals surface area contributed by atoms with Crippen LogP contribution >= 0.6 is 0 Å². The summed E-state index contributed by atoms with van der Waals surface area (Å²) in [5.41, 5.74) is 0.110. The summed E-state index contributed by atoms with van der Waals surface area (Å²) in [7, 11) is -3.94. The lowest BCUT2D eigenvalue weighted by Gasteiger charge is -2.26. The Labute approximate surface area is 140 Å². The van der Waals surface area contributed by atoms with E-state index in [1.165, 1.54) is 12.1 Å². The predicted molar refractivity (Wildman–Crippen MR) is 84.9 cm³/mol. The third-order valence-electron chi connectivity index (χ3n) is 4.05. The van der Waals surface area contributed by atoms with Crippen molar-refractivity contribution < 1.29 is 22.7 Å². The van der Waals surface area contributed by atoms with Crippen molar-refractivity contribution >= 4 is 21.8 Å². The highest BCUT2D eigenvalue weighted by Crippen LogP contribution is 2.29. The van der Waals surface area contributed by atoms with Crippen LogP contribution in [0.15, 0.2) is 29.2 Å². The molecule has 1 aromatic carbocycles. The van der Waals surface area contributed by atoms with E-state index in [2.05, 4.69) is 10.2 Å². The van der Waals surface area contributed by atoms with Crippen LogP contribution in [0.25, 0.3) is 0 Å². The Morgan fingerprint density at radius 1 is 1.21 bits per heavy atom. The number of rotatable bonds is 5. The topological polar surface area (TPSA) is 96.0 Å². The van der Waals surface area contributed by atoms with Gasteiger partial charge in [0.25, 0.3) is 15.9 Å². The van der Waals surface area contributed by atoms with Crippen molar-refractivity contribution in [1.29, 1.82) is 0 Å². The largest absolute Gasteiger partial charge is 0.379 e. The van der Waals surface area contributed by atoms with E-state index in [4.69, 9.17) is 4.74 Å². The molecule has 0 atom stereocenters. The molecule has 0 aliphatic carbocycles. The highest BCUT2D eigenvalue weighted by molar-refractivity contribution is 7.90. The van der Waals surface area contributed by atoms with E-state index in [-0.39, 0.29) is 10.5 Å². The quantitative estimate of drug-likeness (QED) is 0.751. The summed E-state index contributed by atoms with van der Waals surface area (Å²) in [6.45, 7) is 3.52. The van der Waals surface area contributed by atoms with Crippen molar-refractivity contribution in [2.24, 2.45) is 0 Å². The van der Waals surface area contributed by atoms with Crippen LogP contribution in [-0.4, -0.2) is 75.4 Å². The van der Waals surface area contributed by atoms with Crippen LogP contribution < -0.4 is 5.32 Å². The summed E-state index contributed by atoms with van der Waals surface area (Å²) in [5.74, 6) is -1.15. The smallest absolute Gasteiger partial charge is 0.269 e. The van der Waals surface area contributed by atoms with Gasteiger partial charge in [-0.15, -0.1) is 0 Å². The van der Waals surface area contributed by atoms with Gasteiger partial charge in [-0.3, -0.25) is 14.5 Å².